The Labute approximate surface area is 166 Å². The van der Waals surface area contributed by atoms with E-state index in [9.17, 15) is 9.59 Å². The molecule has 1 aliphatic rings. The van der Waals surface area contributed by atoms with E-state index >= 15 is 0 Å². The quantitative estimate of drug-likeness (QED) is 0.670. The summed E-state index contributed by atoms with van der Waals surface area (Å²) >= 11 is 3.48. The Kier molecular flexibility index (Phi) is 4.87. The second-order valence-electron chi connectivity index (χ2n) is 7.18. The first-order valence-corrected chi connectivity index (χ1v) is 10.0. The summed E-state index contributed by atoms with van der Waals surface area (Å²) in [7, 11) is 0. The smallest absolute Gasteiger partial charge is 0.256 e. The predicted molar refractivity (Wildman–Crippen MR) is 111 cm³/mol. The van der Waals surface area contributed by atoms with Gasteiger partial charge in [-0.05, 0) is 49.4 Å². The van der Waals surface area contributed by atoms with Crippen molar-refractivity contribution in [3.63, 3.8) is 0 Å². The molecule has 1 N–H and O–H groups in total. The Balaban J connectivity index is 1.55. The number of hydrogen-bond acceptors (Lipinski definition) is 2. The lowest BCUT2D eigenvalue weighted by Crippen LogP contribution is -2.36. The van der Waals surface area contributed by atoms with Crippen LogP contribution in [0.3, 0.4) is 0 Å². The van der Waals surface area contributed by atoms with Crippen LogP contribution in [0.15, 0.2) is 57.9 Å². The molecule has 0 bridgehead atoms. The first kappa shape index (κ1) is 18.0. The van der Waals surface area contributed by atoms with Gasteiger partial charge >= 0.3 is 0 Å². The number of carbonyl (C=O) groups is 1. The van der Waals surface area contributed by atoms with Crippen LogP contribution >= 0.6 is 15.9 Å². The van der Waals surface area contributed by atoms with Crippen LogP contribution in [0.2, 0.25) is 0 Å². The first-order chi connectivity index (χ1) is 13.0. The van der Waals surface area contributed by atoms with Crippen molar-refractivity contribution in [3.8, 4) is 0 Å². The molecule has 0 radical (unpaired) electrons. The van der Waals surface area contributed by atoms with E-state index in [2.05, 4.69) is 39.4 Å². The molecule has 2 aromatic carbocycles. The minimum atomic E-state index is -0.292. The molecule has 0 saturated heterocycles. The van der Waals surface area contributed by atoms with Crippen LogP contribution < -0.4 is 10.7 Å². The highest BCUT2D eigenvalue weighted by molar-refractivity contribution is 9.10. The number of halogens is 1. The van der Waals surface area contributed by atoms with Gasteiger partial charge < -0.3 is 9.88 Å². The van der Waals surface area contributed by atoms with Crippen molar-refractivity contribution in [2.75, 3.05) is 0 Å². The standard InChI is InChI=1S/C22H21BrN2O2/c1-14(7-8-15-5-3-2-4-6-15)24-22(27)19-13-25-10-9-16-11-17(23)12-18(20(16)25)21(19)26/h2-6,11-14H,7-10H2,1H3,(H,24,27). The number of amides is 1. The van der Waals surface area contributed by atoms with Gasteiger partial charge in [-0.25, -0.2) is 0 Å². The van der Waals surface area contributed by atoms with E-state index in [4.69, 9.17) is 0 Å². The monoisotopic (exact) mass is 424 g/mol. The molecule has 1 atom stereocenters. The maximum absolute atomic E-state index is 12.9. The number of nitrogens with one attached hydrogen (secondary N) is 1. The first-order valence-electron chi connectivity index (χ1n) is 9.23. The van der Waals surface area contributed by atoms with E-state index in [0.717, 1.165) is 41.4 Å². The van der Waals surface area contributed by atoms with E-state index in [1.54, 1.807) is 6.20 Å². The van der Waals surface area contributed by atoms with E-state index in [1.807, 2.05) is 35.8 Å². The number of aryl methyl sites for hydroxylation is 3. The van der Waals surface area contributed by atoms with Crippen molar-refractivity contribution in [1.29, 1.82) is 0 Å². The fourth-order valence-corrected chi connectivity index (χ4v) is 4.27. The van der Waals surface area contributed by atoms with Crippen molar-refractivity contribution >= 4 is 32.7 Å². The molecule has 0 saturated carbocycles. The second-order valence-corrected chi connectivity index (χ2v) is 8.09. The normalized spacial score (nSPS) is 13.7. The minimum Gasteiger partial charge on any atom is -0.349 e. The Morgan fingerprint density at radius 1 is 1.26 bits per heavy atom. The molecule has 3 aromatic rings. The van der Waals surface area contributed by atoms with Crippen molar-refractivity contribution < 1.29 is 4.79 Å². The molecule has 1 aromatic heterocycles. The number of aromatic nitrogens is 1. The molecule has 4 nitrogen and oxygen atoms in total. The summed E-state index contributed by atoms with van der Waals surface area (Å²) in [5.74, 6) is -0.292. The summed E-state index contributed by atoms with van der Waals surface area (Å²) in [6, 6.07) is 14.1. The molecule has 1 aliphatic heterocycles. The summed E-state index contributed by atoms with van der Waals surface area (Å²) in [6.07, 6.45) is 4.32. The van der Waals surface area contributed by atoms with Crippen molar-refractivity contribution in [3.05, 3.63) is 80.0 Å². The maximum atomic E-state index is 12.9. The Hall–Kier alpha value is -2.40. The Morgan fingerprint density at radius 3 is 2.81 bits per heavy atom. The van der Waals surface area contributed by atoms with Crippen molar-refractivity contribution in [1.82, 2.24) is 9.88 Å². The highest BCUT2D eigenvalue weighted by Crippen LogP contribution is 2.28. The van der Waals surface area contributed by atoms with Crippen LogP contribution in [0.5, 0.6) is 0 Å². The lowest BCUT2D eigenvalue weighted by molar-refractivity contribution is 0.0937. The summed E-state index contributed by atoms with van der Waals surface area (Å²) in [4.78, 5) is 25.7. The largest absolute Gasteiger partial charge is 0.349 e. The van der Waals surface area contributed by atoms with Gasteiger partial charge in [-0.3, -0.25) is 9.59 Å². The van der Waals surface area contributed by atoms with Crippen LogP contribution in [-0.2, 0) is 19.4 Å². The van der Waals surface area contributed by atoms with Crippen LogP contribution in [0.1, 0.15) is 34.8 Å². The van der Waals surface area contributed by atoms with Crippen LogP contribution in [0.25, 0.3) is 10.9 Å². The molecule has 2 heterocycles. The topological polar surface area (TPSA) is 51.1 Å². The number of benzene rings is 2. The van der Waals surface area contributed by atoms with Gasteiger partial charge in [0.15, 0.2) is 0 Å². The molecule has 0 fully saturated rings. The zero-order valence-corrected chi connectivity index (χ0v) is 16.8. The summed E-state index contributed by atoms with van der Waals surface area (Å²) in [6.45, 7) is 2.78. The average Bonchev–Trinajstić information content (AvgIpc) is 3.06. The number of pyridine rings is 1. The van der Waals surface area contributed by atoms with Gasteiger partial charge in [0.2, 0.25) is 5.43 Å². The van der Waals surface area contributed by atoms with Gasteiger partial charge in [0.1, 0.15) is 5.56 Å². The molecule has 1 amide bonds. The third-order valence-electron chi connectivity index (χ3n) is 5.17. The predicted octanol–water partition coefficient (Wildman–Crippen LogP) is 4.07. The summed E-state index contributed by atoms with van der Waals surface area (Å²) in [5, 5.41) is 3.60. The SMILES string of the molecule is CC(CCc1ccccc1)NC(=O)c1cn2c3c(cc(Br)cc3c1=O)CC2. The molecule has 0 aliphatic carbocycles. The minimum absolute atomic E-state index is 0.00977. The number of hydrogen-bond donors (Lipinski definition) is 1. The number of nitrogens with zero attached hydrogens (tertiary/aromatic N) is 1. The summed E-state index contributed by atoms with van der Waals surface area (Å²) in [5.41, 5.74) is 3.38. The number of rotatable bonds is 5. The van der Waals surface area contributed by atoms with Crippen LogP contribution in [-0.4, -0.2) is 16.5 Å². The molecule has 27 heavy (non-hydrogen) atoms. The van der Waals surface area contributed by atoms with Crippen molar-refractivity contribution in [2.45, 2.75) is 38.8 Å². The average molecular weight is 425 g/mol. The molecule has 0 spiro atoms. The fraction of sp³-hybridized carbons (Fsp3) is 0.273. The number of carbonyl (C=O) groups excluding carboxylic acids is 1. The zero-order chi connectivity index (χ0) is 19.0. The van der Waals surface area contributed by atoms with E-state index in [-0.39, 0.29) is 22.9 Å². The molecule has 5 heteroatoms. The van der Waals surface area contributed by atoms with E-state index in [0.29, 0.717) is 5.39 Å². The molecule has 138 valence electrons. The molecular formula is C22H21BrN2O2. The van der Waals surface area contributed by atoms with Gasteiger partial charge in [-0.2, -0.15) is 0 Å². The third-order valence-corrected chi connectivity index (χ3v) is 5.63. The zero-order valence-electron chi connectivity index (χ0n) is 15.2. The molecular weight excluding hydrogens is 404 g/mol. The highest BCUT2D eigenvalue weighted by Gasteiger charge is 2.22. The van der Waals surface area contributed by atoms with Gasteiger partial charge in [-0.15, -0.1) is 0 Å². The maximum Gasteiger partial charge on any atom is 0.256 e. The van der Waals surface area contributed by atoms with Crippen LogP contribution in [0, 0.1) is 0 Å². The van der Waals surface area contributed by atoms with Crippen LogP contribution in [0.4, 0.5) is 0 Å². The van der Waals surface area contributed by atoms with Gasteiger partial charge in [0.05, 0.1) is 5.52 Å². The molecule has 1 unspecified atom stereocenters. The molecule has 4 rings (SSSR count). The second kappa shape index (κ2) is 7.31. The van der Waals surface area contributed by atoms with Crippen molar-refractivity contribution in [2.24, 2.45) is 0 Å². The summed E-state index contributed by atoms with van der Waals surface area (Å²) < 4.78 is 2.91. The van der Waals surface area contributed by atoms with Gasteiger partial charge in [-0.1, -0.05) is 46.3 Å². The Morgan fingerprint density at radius 2 is 2.04 bits per heavy atom. The van der Waals surface area contributed by atoms with Gasteiger partial charge in [0, 0.05) is 28.6 Å². The highest BCUT2D eigenvalue weighted by atomic mass is 79.9. The third kappa shape index (κ3) is 3.56. The lowest BCUT2D eigenvalue weighted by atomic mass is 10.1. The fourth-order valence-electron chi connectivity index (χ4n) is 3.76. The van der Waals surface area contributed by atoms with Gasteiger partial charge in [0.25, 0.3) is 5.91 Å². The Bertz CT molecular complexity index is 1070. The lowest BCUT2D eigenvalue weighted by Gasteiger charge is -2.15. The van der Waals surface area contributed by atoms with E-state index in [1.165, 1.54) is 5.56 Å². The van der Waals surface area contributed by atoms with E-state index < -0.39 is 0 Å².